The van der Waals surface area contributed by atoms with Gasteiger partial charge in [-0.3, -0.25) is 0 Å². The Morgan fingerprint density at radius 3 is 1.88 bits per heavy atom. The van der Waals surface area contributed by atoms with Gasteiger partial charge in [-0.1, -0.05) is 0 Å². The summed E-state index contributed by atoms with van der Waals surface area (Å²) in [7, 11) is 3.35. The van der Waals surface area contributed by atoms with E-state index in [1.165, 1.54) is 36.9 Å². The summed E-state index contributed by atoms with van der Waals surface area (Å²) in [5.41, 5.74) is 5.03. The molecule has 2 aromatic carbocycles. The van der Waals surface area contributed by atoms with Crippen LogP contribution in [0.5, 0.6) is 0 Å². The van der Waals surface area contributed by atoms with E-state index in [1.54, 1.807) is 20.2 Å². The predicted molar refractivity (Wildman–Crippen MR) is 134 cm³/mol. The van der Waals surface area contributed by atoms with Crippen molar-refractivity contribution < 1.29 is 9.59 Å². The van der Waals surface area contributed by atoms with E-state index in [-0.39, 0.29) is 37.3 Å². The predicted octanol–water partition coefficient (Wildman–Crippen LogP) is 3.42. The van der Waals surface area contributed by atoms with Crippen molar-refractivity contribution in [1.29, 1.82) is 0 Å². The molecule has 5 nitrogen and oxygen atoms in total. The quantitative estimate of drug-likeness (QED) is 0.271. The van der Waals surface area contributed by atoms with Crippen LogP contribution in [0.25, 0.3) is 6.08 Å². The van der Waals surface area contributed by atoms with Crippen molar-refractivity contribution in [3.05, 3.63) is 81.8 Å². The number of amides is 2. The zero-order valence-corrected chi connectivity index (χ0v) is 22.3. The summed E-state index contributed by atoms with van der Waals surface area (Å²) in [6, 6.07) is 21.3. The molecule has 2 aliphatic rings. The van der Waals surface area contributed by atoms with Gasteiger partial charge in [0.15, 0.2) is 0 Å². The molecule has 0 saturated carbocycles. The average molecular weight is 567 g/mol. The number of carbonyl (C=O) groups is 2. The fourth-order valence-corrected chi connectivity index (χ4v) is 6.96. The molecular formula is C26H23N3O2Se2. The molecule has 1 saturated heterocycles. The first-order valence-corrected chi connectivity index (χ1v) is 13.2. The fourth-order valence-electron chi connectivity index (χ4n) is 4.56. The van der Waals surface area contributed by atoms with Crippen molar-refractivity contribution in [3.63, 3.8) is 0 Å². The van der Waals surface area contributed by atoms with Gasteiger partial charge in [0, 0.05) is 0 Å². The first-order valence-electron chi connectivity index (χ1n) is 10.6. The van der Waals surface area contributed by atoms with Crippen LogP contribution >= 0.6 is 0 Å². The van der Waals surface area contributed by atoms with Crippen LogP contribution in [0.3, 0.4) is 0 Å². The number of hydrogen-bond donors (Lipinski definition) is 0. The van der Waals surface area contributed by atoms with E-state index in [9.17, 15) is 9.59 Å². The van der Waals surface area contributed by atoms with Gasteiger partial charge in [-0.15, -0.1) is 0 Å². The minimum atomic E-state index is -0.285. The Hall–Kier alpha value is -2.69. The van der Waals surface area contributed by atoms with Crippen LogP contribution in [0.15, 0.2) is 66.2 Å². The molecule has 0 unspecified atom stereocenters. The summed E-state index contributed by atoms with van der Waals surface area (Å²) in [5.74, 6) is -0.570. The number of anilines is 3. The molecular weight excluding hydrogens is 544 g/mol. The maximum atomic E-state index is 12.8. The Balaban J connectivity index is 1.61. The molecule has 0 bridgehead atoms. The van der Waals surface area contributed by atoms with Gasteiger partial charge in [-0.2, -0.15) is 0 Å². The van der Waals surface area contributed by atoms with Crippen molar-refractivity contribution >= 4 is 68.6 Å². The molecule has 1 fully saturated rings. The van der Waals surface area contributed by atoms with E-state index in [4.69, 9.17) is 0 Å². The Bertz CT molecular complexity index is 1280. The fraction of sp³-hybridized carbons (Fsp3) is 0.192. The number of carbonyl (C=O) groups excluding carboxylic acids is 2. The molecule has 0 aliphatic carbocycles. The van der Waals surface area contributed by atoms with Crippen LogP contribution in [0.1, 0.15) is 29.4 Å². The summed E-state index contributed by atoms with van der Waals surface area (Å²) in [4.78, 5) is 30.9. The summed E-state index contributed by atoms with van der Waals surface area (Å²) in [6.07, 6.45) is 1.76. The molecule has 0 spiro atoms. The van der Waals surface area contributed by atoms with E-state index in [1.807, 2.05) is 6.07 Å². The summed E-state index contributed by atoms with van der Waals surface area (Å²) in [6.45, 7) is 4.54. The number of para-hydroxylation sites is 2. The molecule has 0 radical (unpaired) electrons. The maximum absolute atomic E-state index is 12.8. The van der Waals surface area contributed by atoms with Gasteiger partial charge in [-0.25, -0.2) is 0 Å². The van der Waals surface area contributed by atoms with Crippen molar-refractivity contribution in [3.8, 4) is 0 Å². The Labute approximate surface area is 207 Å². The zero-order chi connectivity index (χ0) is 23.5. The number of fused-ring (bicyclic) bond motifs is 2. The number of likely N-dealkylation sites (N-methyl/N-ethyl adjacent to an activating group) is 2. The third-order valence-corrected chi connectivity index (χ3v) is 9.68. The number of hydrogen-bond acceptors (Lipinski definition) is 3. The molecule has 2 aliphatic heterocycles. The van der Waals surface area contributed by atoms with Crippen molar-refractivity contribution in [2.75, 3.05) is 19.0 Å². The standard InChI is InChI=1S/C26H23N3O2Se2/c1-26(2)18-9-5-7-11-20(18)29(21-12-8-6-10-19(21)26)22-14-13-16(33-22)15-17-23(30)27(3)25(32)28(4)24(17)31/h5-15H,1-4H3. The third-order valence-electron chi connectivity index (χ3n) is 6.40. The molecule has 166 valence electrons. The van der Waals surface area contributed by atoms with Crippen LogP contribution < -0.4 is 4.90 Å². The van der Waals surface area contributed by atoms with Gasteiger partial charge < -0.3 is 0 Å². The van der Waals surface area contributed by atoms with Crippen LogP contribution in [-0.2, 0) is 15.0 Å². The van der Waals surface area contributed by atoms with Crippen molar-refractivity contribution in [1.82, 2.24) is 9.80 Å². The number of benzene rings is 2. The second kappa shape index (κ2) is 7.96. The summed E-state index contributed by atoms with van der Waals surface area (Å²) >= 11 is 2.74. The van der Waals surface area contributed by atoms with Gasteiger partial charge in [-0.05, 0) is 0 Å². The molecule has 0 N–H and O–H groups in total. The van der Waals surface area contributed by atoms with E-state index in [0.717, 1.165) is 4.44 Å². The molecule has 1 aromatic heterocycles. The van der Waals surface area contributed by atoms with Crippen molar-refractivity contribution in [2.24, 2.45) is 0 Å². The van der Waals surface area contributed by atoms with Crippen LogP contribution in [0.2, 0.25) is 0 Å². The van der Waals surface area contributed by atoms with Gasteiger partial charge in [0.25, 0.3) is 0 Å². The topological polar surface area (TPSA) is 43.9 Å². The zero-order valence-electron chi connectivity index (χ0n) is 18.8. The minimum absolute atomic E-state index is 0.0608. The molecule has 2 amide bonds. The molecule has 7 heteroatoms. The first-order chi connectivity index (χ1) is 15.7. The second-order valence-corrected chi connectivity index (χ2v) is 11.8. The average Bonchev–Trinajstić information content (AvgIpc) is 3.28. The van der Waals surface area contributed by atoms with Gasteiger partial charge >= 0.3 is 208 Å². The molecule has 5 rings (SSSR count). The molecule has 0 atom stereocenters. The molecule has 3 heterocycles. The van der Waals surface area contributed by atoms with E-state index in [2.05, 4.69) is 88.9 Å². The normalized spacial score (nSPS) is 17.3. The number of nitrogens with zero attached hydrogens (tertiary/aromatic N) is 3. The van der Waals surface area contributed by atoms with Gasteiger partial charge in [0.1, 0.15) is 0 Å². The SMILES string of the molecule is CN1C(=O)C(=Cc2ccc(N3c4ccccc4C(C)(C)c4ccccc43)[se]2)C(=O)N(C)C1=[Se]. The van der Waals surface area contributed by atoms with Crippen LogP contribution in [-0.4, -0.2) is 70.5 Å². The second-order valence-electron chi connectivity index (χ2n) is 8.74. The Kier molecular flexibility index (Phi) is 5.34. The van der Waals surface area contributed by atoms with Gasteiger partial charge in [0.2, 0.25) is 0 Å². The van der Waals surface area contributed by atoms with E-state index in [0.29, 0.717) is 4.67 Å². The monoisotopic (exact) mass is 569 g/mol. The third kappa shape index (κ3) is 3.39. The summed E-state index contributed by atoms with van der Waals surface area (Å²) in [5, 5.41) is 0. The number of rotatable bonds is 2. The Morgan fingerprint density at radius 1 is 0.818 bits per heavy atom. The van der Waals surface area contributed by atoms with Crippen LogP contribution in [0.4, 0.5) is 15.9 Å². The Morgan fingerprint density at radius 2 is 1.33 bits per heavy atom. The van der Waals surface area contributed by atoms with Gasteiger partial charge in [0.05, 0.1) is 0 Å². The molecule has 33 heavy (non-hydrogen) atoms. The first kappa shape index (κ1) is 22.1. The van der Waals surface area contributed by atoms with Crippen LogP contribution in [0, 0.1) is 0 Å². The van der Waals surface area contributed by atoms with Crippen molar-refractivity contribution in [2.45, 2.75) is 19.3 Å². The van der Waals surface area contributed by atoms with E-state index < -0.39 is 0 Å². The molecule has 3 aromatic rings. The summed E-state index contributed by atoms with van der Waals surface area (Å²) < 4.78 is 2.69. The van der Waals surface area contributed by atoms with E-state index >= 15 is 0 Å².